The van der Waals surface area contributed by atoms with Crippen LogP contribution in [-0.4, -0.2) is 28.1 Å². The largest absolute Gasteiger partial charge is 0.496 e. The molecule has 2 heterocycles. The van der Waals surface area contributed by atoms with E-state index in [1.807, 2.05) is 6.07 Å². The molecule has 0 spiro atoms. The smallest absolute Gasteiger partial charge is 0.433 e. The number of nitro groups is 1. The summed E-state index contributed by atoms with van der Waals surface area (Å²) in [5.74, 6) is 0.0132. The maximum atomic E-state index is 11.7. The first-order valence-corrected chi connectivity index (χ1v) is 7.62. The molecule has 0 aliphatic rings. The highest BCUT2D eigenvalue weighted by molar-refractivity contribution is 5.86. The fourth-order valence-electron chi connectivity index (χ4n) is 2.11. The Kier molecular flexibility index (Phi) is 5.26. The van der Waals surface area contributed by atoms with Gasteiger partial charge in [0.15, 0.2) is 6.61 Å². The lowest BCUT2D eigenvalue weighted by Crippen LogP contribution is -2.00. The van der Waals surface area contributed by atoms with Crippen LogP contribution in [0.3, 0.4) is 0 Å². The summed E-state index contributed by atoms with van der Waals surface area (Å²) in [5, 5.41) is 14.4. The van der Waals surface area contributed by atoms with Crippen LogP contribution in [0.25, 0.3) is 17.5 Å². The van der Waals surface area contributed by atoms with Gasteiger partial charge in [0.2, 0.25) is 5.82 Å². The molecule has 0 bridgehead atoms. The second-order valence-corrected chi connectivity index (χ2v) is 5.09. The third-order valence-electron chi connectivity index (χ3n) is 3.33. The van der Waals surface area contributed by atoms with Gasteiger partial charge < -0.3 is 18.4 Å². The van der Waals surface area contributed by atoms with Crippen LogP contribution in [0.2, 0.25) is 0 Å². The third kappa shape index (κ3) is 4.37. The van der Waals surface area contributed by atoms with E-state index in [9.17, 15) is 14.9 Å². The molecule has 3 rings (SSSR count). The molecule has 10 nitrogen and oxygen atoms in total. The van der Waals surface area contributed by atoms with Gasteiger partial charge >= 0.3 is 11.9 Å². The summed E-state index contributed by atoms with van der Waals surface area (Å²) >= 11 is 0. The molecule has 10 heteroatoms. The zero-order chi connectivity index (χ0) is 19.2. The van der Waals surface area contributed by atoms with E-state index in [1.165, 1.54) is 25.3 Å². The Bertz CT molecular complexity index is 990. The number of benzene rings is 1. The van der Waals surface area contributed by atoms with E-state index >= 15 is 0 Å². The number of rotatable bonds is 7. The monoisotopic (exact) mass is 371 g/mol. The summed E-state index contributed by atoms with van der Waals surface area (Å²) in [5.41, 5.74) is 0.639. The summed E-state index contributed by atoms with van der Waals surface area (Å²) in [4.78, 5) is 25.7. The van der Waals surface area contributed by atoms with Crippen LogP contribution in [0.4, 0.5) is 5.88 Å². The van der Waals surface area contributed by atoms with Crippen molar-refractivity contribution in [3.63, 3.8) is 0 Å². The number of carbonyl (C=O) groups is 1. The van der Waals surface area contributed by atoms with Gasteiger partial charge in [0, 0.05) is 6.08 Å². The Morgan fingerprint density at radius 2 is 2.11 bits per heavy atom. The molecule has 0 saturated carbocycles. The molecule has 0 N–H and O–H groups in total. The first-order valence-electron chi connectivity index (χ1n) is 7.62. The van der Waals surface area contributed by atoms with Gasteiger partial charge in [-0.25, -0.2) is 4.79 Å². The van der Waals surface area contributed by atoms with Crippen molar-refractivity contribution in [1.29, 1.82) is 0 Å². The third-order valence-corrected chi connectivity index (χ3v) is 3.33. The summed E-state index contributed by atoms with van der Waals surface area (Å²) < 4.78 is 20.1. The average Bonchev–Trinajstić information content (AvgIpc) is 3.34. The fraction of sp³-hybridized carbons (Fsp3) is 0.118. The number of ether oxygens (including phenoxy) is 2. The lowest BCUT2D eigenvalue weighted by molar-refractivity contribution is -0.402. The van der Waals surface area contributed by atoms with Gasteiger partial charge in [-0.05, 0) is 24.3 Å². The highest BCUT2D eigenvalue weighted by atomic mass is 16.6. The molecule has 0 saturated heterocycles. The maximum Gasteiger partial charge on any atom is 0.433 e. The van der Waals surface area contributed by atoms with E-state index < -0.39 is 16.8 Å². The minimum absolute atomic E-state index is 0.103. The van der Waals surface area contributed by atoms with E-state index in [1.54, 1.807) is 18.2 Å². The van der Waals surface area contributed by atoms with Crippen molar-refractivity contribution in [1.82, 2.24) is 10.1 Å². The Labute approximate surface area is 152 Å². The second kappa shape index (κ2) is 7.95. The number of methoxy groups -OCH3 is 1. The number of para-hydroxylation sites is 1. The maximum absolute atomic E-state index is 11.7. The Morgan fingerprint density at radius 3 is 2.85 bits per heavy atom. The average molecular weight is 371 g/mol. The molecule has 2 aromatic heterocycles. The van der Waals surface area contributed by atoms with Crippen LogP contribution in [0, 0.1) is 10.1 Å². The zero-order valence-corrected chi connectivity index (χ0v) is 14.0. The van der Waals surface area contributed by atoms with Crippen molar-refractivity contribution in [2.24, 2.45) is 0 Å². The molecule has 138 valence electrons. The van der Waals surface area contributed by atoms with Crippen molar-refractivity contribution < 1.29 is 28.1 Å². The molecule has 0 fully saturated rings. The van der Waals surface area contributed by atoms with Gasteiger partial charge in [-0.15, -0.1) is 0 Å². The van der Waals surface area contributed by atoms with Gasteiger partial charge in [-0.1, -0.05) is 17.3 Å². The summed E-state index contributed by atoms with van der Waals surface area (Å²) in [6, 6.07) is 9.69. The number of hydrogen-bond acceptors (Lipinski definition) is 9. The van der Waals surface area contributed by atoms with Crippen LogP contribution in [0.15, 0.2) is 51.4 Å². The quantitative estimate of drug-likeness (QED) is 0.266. The van der Waals surface area contributed by atoms with Crippen molar-refractivity contribution in [3.8, 4) is 17.1 Å². The molecule has 0 amide bonds. The molecule has 1 aromatic carbocycles. The first-order chi connectivity index (χ1) is 13.1. The highest BCUT2D eigenvalue weighted by Crippen LogP contribution is 2.27. The lowest BCUT2D eigenvalue weighted by atomic mass is 10.2. The molecule has 0 atom stereocenters. The van der Waals surface area contributed by atoms with Crippen molar-refractivity contribution in [3.05, 3.63) is 64.2 Å². The SMILES string of the molecule is COc1ccccc1-c1noc(COC(=O)/C=C/c2ccc([N+](=O)[O-])o2)n1. The summed E-state index contributed by atoms with van der Waals surface area (Å²) in [7, 11) is 1.53. The van der Waals surface area contributed by atoms with Gasteiger partial charge in [0.05, 0.1) is 18.7 Å². The Morgan fingerprint density at radius 1 is 1.30 bits per heavy atom. The minimum atomic E-state index is -0.703. The fourth-order valence-corrected chi connectivity index (χ4v) is 2.11. The number of aromatic nitrogens is 2. The van der Waals surface area contributed by atoms with Crippen molar-refractivity contribution in [2.45, 2.75) is 6.61 Å². The van der Waals surface area contributed by atoms with E-state index in [4.69, 9.17) is 18.4 Å². The van der Waals surface area contributed by atoms with E-state index in [0.29, 0.717) is 17.1 Å². The Balaban J connectivity index is 1.58. The summed E-state index contributed by atoms with van der Waals surface area (Å²) in [6.07, 6.45) is 2.32. The number of carbonyl (C=O) groups excluding carboxylic acids is 1. The zero-order valence-electron chi connectivity index (χ0n) is 14.0. The normalized spacial score (nSPS) is 10.9. The molecule has 3 aromatic rings. The first kappa shape index (κ1) is 17.9. The van der Waals surface area contributed by atoms with Gasteiger partial charge in [-0.2, -0.15) is 4.98 Å². The molecular formula is C17H13N3O7. The van der Waals surface area contributed by atoms with Crippen molar-refractivity contribution >= 4 is 17.9 Å². The second-order valence-electron chi connectivity index (χ2n) is 5.09. The highest BCUT2D eigenvalue weighted by Gasteiger charge is 2.14. The number of esters is 1. The topological polar surface area (TPSA) is 131 Å². The number of hydrogen-bond donors (Lipinski definition) is 0. The van der Waals surface area contributed by atoms with E-state index in [0.717, 1.165) is 6.08 Å². The number of nitrogens with zero attached hydrogens (tertiary/aromatic N) is 3. The van der Waals surface area contributed by atoms with Gasteiger partial charge in [0.25, 0.3) is 5.89 Å². The molecule has 0 aliphatic heterocycles. The standard InChI is InChI=1S/C17H13N3O7/c1-24-13-5-3-2-4-12(13)17-18-14(27-19-17)10-25-16(21)9-7-11-6-8-15(26-11)20(22)23/h2-9H,10H2,1H3/b9-7+. The molecule has 0 unspecified atom stereocenters. The molecular weight excluding hydrogens is 358 g/mol. The Hall–Kier alpha value is -3.95. The van der Waals surface area contributed by atoms with Gasteiger partial charge in [-0.3, -0.25) is 10.1 Å². The van der Waals surface area contributed by atoms with E-state index in [2.05, 4.69) is 10.1 Å². The van der Waals surface area contributed by atoms with Crippen molar-refractivity contribution in [2.75, 3.05) is 7.11 Å². The van der Waals surface area contributed by atoms with Crippen LogP contribution in [0.5, 0.6) is 5.75 Å². The molecule has 0 radical (unpaired) electrons. The van der Waals surface area contributed by atoms with Gasteiger partial charge in [0.1, 0.15) is 16.4 Å². The lowest BCUT2D eigenvalue weighted by Gasteiger charge is -2.03. The predicted molar refractivity (Wildman–Crippen MR) is 90.5 cm³/mol. The minimum Gasteiger partial charge on any atom is -0.496 e. The van der Waals surface area contributed by atoms with E-state index in [-0.39, 0.29) is 18.3 Å². The van der Waals surface area contributed by atoms with Crippen LogP contribution in [0.1, 0.15) is 11.7 Å². The van der Waals surface area contributed by atoms with Crippen LogP contribution in [-0.2, 0) is 16.1 Å². The number of furan rings is 1. The molecule has 0 aliphatic carbocycles. The van der Waals surface area contributed by atoms with Crippen LogP contribution < -0.4 is 4.74 Å². The molecule has 27 heavy (non-hydrogen) atoms. The van der Waals surface area contributed by atoms with Crippen LogP contribution >= 0.6 is 0 Å². The summed E-state index contributed by atoms with van der Waals surface area (Å²) in [6.45, 7) is -0.233. The predicted octanol–water partition coefficient (Wildman–Crippen LogP) is 3.00.